The number of aryl methyl sites for hydroxylation is 1. The molecule has 26 heavy (non-hydrogen) atoms. The van der Waals surface area contributed by atoms with Crippen LogP contribution in [0.25, 0.3) is 20.5 Å². The number of fused-ring (bicyclic) bond motifs is 1. The summed E-state index contributed by atoms with van der Waals surface area (Å²) < 4.78 is 19.6. The largest absolute Gasteiger partial charge is 0.491 e. The molecule has 1 aliphatic heterocycles. The normalized spacial score (nSPS) is 15.3. The number of halogens is 1. The van der Waals surface area contributed by atoms with Crippen molar-refractivity contribution in [3.63, 3.8) is 0 Å². The second kappa shape index (κ2) is 7.31. The van der Waals surface area contributed by atoms with Gasteiger partial charge in [-0.25, -0.2) is 0 Å². The molecule has 4 rings (SSSR count). The third kappa shape index (κ3) is 3.41. The molecule has 0 spiro atoms. The average molecular weight is 433 g/mol. The van der Waals surface area contributed by atoms with Gasteiger partial charge in [-0.2, -0.15) is 0 Å². The van der Waals surface area contributed by atoms with Crippen molar-refractivity contribution >= 4 is 37.4 Å². The highest BCUT2D eigenvalue weighted by Gasteiger charge is 2.22. The van der Waals surface area contributed by atoms with E-state index in [0.29, 0.717) is 13.2 Å². The van der Waals surface area contributed by atoms with Gasteiger partial charge in [-0.15, -0.1) is 11.3 Å². The third-order valence-electron chi connectivity index (χ3n) is 4.39. The summed E-state index contributed by atoms with van der Waals surface area (Å²) in [5.74, 6) is 0.908. The molecule has 3 aromatic rings. The van der Waals surface area contributed by atoms with Crippen LogP contribution in [0.4, 0.5) is 0 Å². The van der Waals surface area contributed by atoms with Crippen molar-refractivity contribution in [3.05, 3.63) is 52.0 Å². The topological polar surface area (TPSA) is 27.7 Å². The number of thiophene rings is 1. The first kappa shape index (κ1) is 18.0. The van der Waals surface area contributed by atoms with Crippen molar-refractivity contribution in [1.82, 2.24) is 0 Å². The molecule has 1 aromatic heterocycles. The lowest BCUT2D eigenvalue weighted by molar-refractivity contribution is -0.0445. The maximum absolute atomic E-state index is 5.84. The molecular formula is C21H21BrO3S. The van der Waals surface area contributed by atoms with Crippen LogP contribution in [0, 0.1) is 6.92 Å². The molecule has 0 N–H and O–H groups in total. The van der Waals surface area contributed by atoms with E-state index in [1.165, 1.54) is 26.1 Å². The van der Waals surface area contributed by atoms with Gasteiger partial charge in [0.1, 0.15) is 5.75 Å². The van der Waals surface area contributed by atoms with Gasteiger partial charge in [0.15, 0.2) is 6.29 Å². The smallest absolute Gasteiger partial charge is 0.184 e. The lowest BCUT2D eigenvalue weighted by Crippen LogP contribution is -2.04. The predicted molar refractivity (Wildman–Crippen MR) is 110 cm³/mol. The van der Waals surface area contributed by atoms with Crippen molar-refractivity contribution < 1.29 is 14.2 Å². The van der Waals surface area contributed by atoms with Crippen LogP contribution in [-0.4, -0.2) is 19.3 Å². The van der Waals surface area contributed by atoms with E-state index in [-0.39, 0.29) is 12.4 Å². The van der Waals surface area contributed by atoms with Gasteiger partial charge in [0.25, 0.3) is 0 Å². The van der Waals surface area contributed by atoms with Gasteiger partial charge in [0.2, 0.25) is 0 Å². The summed E-state index contributed by atoms with van der Waals surface area (Å²) in [5.41, 5.74) is 3.46. The van der Waals surface area contributed by atoms with Crippen LogP contribution in [0.1, 0.15) is 31.3 Å². The second-order valence-corrected chi connectivity index (χ2v) is 8.56. The van der Waals surface area contributed by atoms with Crippen molar-refractivity contribution in [1.29, 1.82) is 0 Å². The van der Waals surface area contributed by atoms with Crippen LogP contribution in [0.15, 0.2) is 40.9 Å². The van der Waals surface area contributed by atoms with Crippen LogP contribution in [0.2, 0.25) is 0 Å². The zero-order valence-corrected chi connectivity index (χ0v) is 17.4. The molecule has 0 bridgehead atoms. The third-order valence-corrected chi connectivity index (χ3v) is 6.68. The van der Waals surface area contributed by atoms with Gasteiger partial charge in [-0.1, -0.05) is 12.1 Å². The second-order valence-electron chi connectivity index (χ2n) is 6.71. The first-order chi connectivity index (χ1) is 12.5. The Kier molecular flexibility index (Phi) is 5.06. The lowest BCUT2D eigenvalue weighted by Gasteiger charge is -2.14. The Bertz CT molecular complexity index is 942. The van der Waals surface area contributed by atoms with E-state index in [9.17, 15) is 0 Å². The number of benzene rings is 2. The Morgan fingerprint density at radius 1 is 1.12 bits per heavy atom. The lowest BCUT2D eigenvalue weighted by atomic mass is 10.0. The highest BCUT2D eigenvalue weighted by Crippen LogP contribution is 2.44. The molecule has 2 aromatic carbocycles. The fourth-order valence-corrected chi connectivity index (χ4v) is 5.22. The Balaban J connectivity index is 1.76. The predicted octanol–water partition coefficient (Wildman–Crippen LogP) is 6.47. The van der Waals surface area contributed by atoms with Crippen LogP contribution in [-0.2, 0) is 9.47 Å². The van der Waals surface area contributed by atoms with E-state index in [1.807, 2.05) is 19.9 Å². The summed E-state index contributed by atoms with van der Waals surface area (Å²) in [7, 11) is 0. The molecule has 136 valence electrons. The molecule has 3 nitrogen and oxygen atoms in total. The zero-order valence-electron chi connectivity index (χ0n) is 15.0. The fraction of sp³-hybridized carbons (Fsp3) is 0.333. The van der Waals surface area contributed by atoms with E-state index in [1.54, 1.807) is 11.3 Å². The van der Waals surface area contributed by atoms with E-state index in [4.69, 9.17) is 14.2 Å². The van der Waals surface area contributed by atoms with E-state index in [0.717, 1.165) is 15.8 Å². The monoisotopic (exact) mass is 432 g/mol. The Labute approximate surface area is 166 Å². The number of ether oxygens (including phenoxy) is 3. The molecule has 0 amide bonds. The van der Waals surface area contributed by atoms with Gasteiger partial charge >= 0.3 is 0 Å². The first-order valence-electron chi connectivity index (χ1n) is 8.76. The average Bonchev–Trinajstić information content (AvgIpc) is 3.23. The highest BCUT2D eigenvalue weighted by molar-refractivity contribution is 9.10. The molecule has 1 saturated heterocycles. The zero-order chi connectivity index (χ0) is 18.3. The number of hydrogen-bond acceptors (Lipinski definition) is 4. The van der Waals surface area contributed by atoms with Gasteiger partial charge in [-0.05, 0) is 72.1 Å². The summed E-state index contributed by atoms with van der Waals surface area (Å²) in [4.78, 5) is 1.21. The summed E-state index contributed by atoms with van der Waals surface area (Å²) in [5, 5.41) is 1.21. The molecule has 0 radical (unpaired) electrons. The Morgan fingerprint density at radius 3 is 2.62 bits per heavy atom. The molecule has 5 heteroatoms. The highest BCUT2D eigenvalue weighted by atomic mass is 79.9. The number of hydrogen-bond donors (Lipinski definition) is 0. The summed E-state index contributed by atoms with van der Waals surface area (Å²) in [6, 6.07) is 12.8. The van der Waals surface area contributed by atoms with Crippen molar-refractivity contribution in [3.8, 4) is 16.2 Å². The van der Waals surface area contributed by atoms with Gasteiger partial charge < -0.3 is 14.2 Å². The van der Waals surface area contributed by atoms with Crippen molar-refractivity contribution in [2.75, 3.05) is 13.2 Å². The Hall–Kier alpha value is -1.40. The molecule has 0 atom stereocenters. The van der Waals surface area contributed by atoms with Crippen LogP contribution in [0.3, 0.4) is 0 Å². The number of rotatable bonds is 4. The molecule has 2 heterocycles. The van der Waals surface area contributed by atoms with Crippen LogP contribution >= 0.6 is 27.3 Å². The van der Waals surface area contributed by atoms with E-state index >= 15 is 0 Å². The standard InChI is InChI=1S/C21H21BrO3S/c1-12(2)25-15-6-7-16-18(11-15)26-20(19(16)22)14-5-4-13(3)17(10-14)21-23-8-9-24-21/h4-7,10-12,21H,8-9H2,1-3H3. The molecule has 0 aliphatic carbocycles. The summed E-state index contributed by atoms with van der Waals surface area (Å²) in [6.45, 7) is 7.49. The van der Waals surface area contributed by atoms with Gasteiger partial charge in [-0.3, -0.25) is 0 Å². The van der Waals surface area contributed by atoms with Gasteiger partial charge in [0, 0.05) is 25.0 Å². The molecule has 1 fully saturated rings. The molecule has 0 saturated carbocycles. The maximum atomic E-state index is 5.84. The van der Waals surface area contributed by atoms with E-state index in [2.05, 4.69) is 53.2 Å². The quantitative estimate of drug-likeness (QED) is 0.472. The maximum Gasteiger partial charge on any atom is 0.184 e. The molecule has 1 aliphatic rings. The minimum Gasteiger partial charge on any atom is -0.491 e. The summed E-state index contributed by atoms with van der Waals surface area (Å²) in [6.07, 6.45) is -0.0875. The van der Waals surface area contributed by atoms with Crippen LogP contribution < -0.4 is 4.74 Å². The molecular weight excluding hydrogens is 412 g/mol. The minimum atomic E-state index is -0.255. The minimum absolute atomic E-state index is 0.168. The SMILES string of the molecule is Cc1ccc(-c2sc3cc(OC(C)C)ccc3c2Br)cc1C1OCCO1. The molecule has 0 unspecified atom stereocenters. The van der Waals surface area contributed by atoms with Gasteiger partial charge in [0.05, 0.1) is 19.3 Å². The first-order valence-corrected chi connectivity index (χ1v) is 10.4. The van der Waals surface area contributed by atoms with Crippen molar-refractivity contribution in [2.24, 2.45) is 0 Å². The van der Waals surface area contributed by atoms with E-state index < -0.39 is 0 Å². The van der Waals surface area contributed by atoms with Crippen LogP contribution in [0.5, 0.6) is 5.75 Å². The summed E-state index contributed by atoms with van der Waals surface area (Å²) >= 11 is 5.56. The fourth-order valence-electron chi connectivity index (χ4n) is 3.15. The Morgan fingerprint density at radius 2 is 1.88 bits per heavy atom. The van der Waals surface area contributed by atoms with Crippen molar-refractivity contribution in [2.45, 2.75) is 33.2 Å².